The van der Waals surface area contributed by atoms with Crippen molar-refractivity contribution in [1.82, 2.24) is 14.8 Å². The molecule has 0 aromatic carbocycles. The molecule has 0 aliphatic heterocycles. The molecule has 2 aromatic rings. The van der Waals surface area contributed by atoms with Crippen LogP contribution in [0.2, 0.25) is 5.15 Å². The van der Waals surface area contributed by atoms with E-state index in [1.54, 1.807) is 18.3 Å². The summed E-state index contributed by atoms with van der Waals surface area (Å²) in [6, 6.07) is 4.71. The molecular formula is C15H16ClN3O3. The van der Waals surface area contributed by atoms with Crippen LogP contribution in [0.25, 0.3) is 5.82 Å². The number of aromatic nitrogens is 3. The van der Waals surface area contributed by atoms with Gasteiger partial charge in [0.25, 0.3) is 0 Å². The monoisotopic (exact) mass is 321 g/mol. The van der Waals surface area contributed by atoms with Gasteiger partial charge in [0.05, 0.1) is 12.2 Å². The number of halogens is 1. The van der Waals surface area contributed by atoms with Crippen LogP contribution in [0.15, 0.2) is 24.4 Å². The van der Waals surface area contributed by atoms with Gasteiger partial charge in [0, 0.05) is 17.7 Å². The van der Waals surface area contributed by atoms with E-state index in [9.17, 15) is 4.79 Å². The van der Waals surface area contributed by atoms with E-state index >= 15 is 0 Å². The van der Waals surface area contributed by atoms with Crippen LogP contribution in [-0.4, -0.2) is 32.4 Å². The van der Waals surface area contributed by atoms with Gasteiger partial charge in [-0.25, -0.2) is 14.5 Å². The third-order valence-electron chi connectivity index (χ3n) is 3.99. The lowest BCUT2D eigenvalue weighted by Gasteiger charge is -2.37. The summed E-state index contributed by atoms with van der Waals surface area (Å²) in [5.74, 6) is -0.143. The van der Waals surface area contributed by atoms with Crippen molar-refractivity contribution in [3.05, 3.63) is 35.1 Å². The predicted octanol–water partition coefficient (Wildman–Crippen LogP) is 3.19. The first kappa shape index (κ1) is 14.8. The Kier molecular flexibility index (Phi) is 3.78. The van der Waals surface area contributed by atoms with Gasteiger partial charge in [0.1, 0.15) is 5.15 Å². The lowest BCUT2D eigenvalue weighted by Crippen LogP contribution is -2.32. The number of carboxylic acid groups (broad SMARTS) is 1. The van der Waals surface area contributed by atoms with Crippen LogP contribution in [0.1, 0.15) is 36.5 Å². The van der Waals surface area contributed by atoms with Gasteiger partial charge in [-0.05, 0) is 25.0 Å². The maximum Gasteiger partial charge on any atom is 0.338 e. The molecule has 0 amide bonds. The smallest absolute Gasteiger partial charge is 0.338 e. The van der Waals surface area contributed by atoms with Gasteiger partial charge >= 0.3 is 5.97 Å². The Labute approximate surface area is 132 Å². The molecule has 1 aliphatic rings. The van der Waals surface area contributed by atoms with Gasteiger partial charge in [-0.2, -0.15) is 0 Å². The number of aromatic carboxylic acids is 1. The van der Waals surface area contributed by atoms with Crippen LogP contribution in [0.3, 0.4) is 0 Å². The van der Waals surface area contributed by atoms with Gasteiger partial charge in [0.15, 0.2) is 5.82 Å². The Morgan fingerprint density at radius 1 is 1.45 bits per heavy atom. The molecule has 0 spiro atoms. The number of ether oxygens (including phenoxy) is 1. The summed E-state index contributed by atoms with van der Waals surface area (Å²) in [4.78, 5) is 15.0. The van der Waals surface area contributed by atoms with E-state index in [0.717, 1.165) is 0 Å². The Morgan fingerprint density at radius 2 is 2.23 bits per heavy atom. The first-order chi connectivity index (χ1) is 10.5. The van der Waals surface area contributed by atoms with E-state index in [0.29, 0.717) is 18.3 Å². The molecule has 1 aliphatic carbocycles. The first-order valence-corrected chi connectivity index (χ1v) is 7.43. The number of hydrogen-bond acceptors (Lipinski definition) is 4. The highest BCUT2D eigenvalue weighted by Crippen LogP contribution is 2.40. The van der Waals surface area contributed by atoms with E-state index in [1.807, 2.05) is 0 Å². The van der Waals surface area contributed by atoms with Gasteiger partial charge in [-0.3, -0.25) is 0 Å². The number of carbonyl (C=O) groups is 1. The molecule has 7 heteroatoms. The second-order valence-electron chi connectivity index (χ2n) is 5.86. The highest BCUT2D eigenvalue weighted by Gasteiger charge is 2.32. The third-order valence-corrected chi connectivity index (χ3v) is 4.28. The third kappa shape index (κ3) is 2.92. The van der Waals surface area contributed by atoms with Gasteiger partial charge < -0.3 is 9.84 Å². The van der Waals surface area contributed by atoms with Crippen LogP contribution in [0.4, 0.5) is 0 Å². The van der Waals surface area contributed by atoms with Crippen molar-refractivity contribution in [3.8, 4) is 11.7 Å². The summed E-state index contributed by atoms with van der Waals surface area (Å²) in [5, 5.41) is 13.2. The number of nitrogens with zero attached hydrogens (tertiary/aromatic N) is 3. The summed E-state index contributed by atoms with van der Waals surface area (Å²) in [6.07, 6.45) is 5.33. The van der Waals surface area contributed by atoms with Crippen LogP contribution in [-0.2, 0) is 0 Å². The van der Waals surface area contributed by atoms with Crippen molar-refractivity contribution >= 4 is 17.6 Å². The molecule has 6 nitrogen and oxygen atoms in total. The van der Waals surface area contributed by atoms with E-state index in [4.69, 9.17) is 21.4 Å². The van der Waals surface area contributed by atoms with Crippen LogP contribution >= 0.6 is 11.6 Å². The minimum absolute atomic E-state index is 0.0352. The summed E-state index contributed by atoms with van der Waals surface area (Å²) in [6.45, 7) is 2.86. The van der Waals surface area contributed by atoms with Crippen LogP contribution in [0.5, 0.6) is 5.88 Å². The van der Waals surface area contributed by atoms with Crippen molar-refractivity contribution in [1.29, 1.82) is 0 Å². The zero-order chi connectivity index (χ0) is 15.7. The predicted molar refractivity (Wildman–Crippen MR) is 80.8 cm³/mol. The average molecular weight is 322 g/mol. The maximum absolute atomic E-state index is 10.9. The molecule has 0 atom stereocenters. The van der Waals surface area contributed by atoms with Gasteiger partial charge in [0.2, 0.25) is 5.88 Å². The van der Waals surface area contributed by atoms with Crippen molar-refractivity contribution in [3.63, 3.8) is 0 Å². The molecule has 1 fully saturated rings. The molecule has 1 N–H and O–H groups in total. The molecule has 0 saturated heterocycles. The van der Waals surface area contributed by atoms with Crippen molar-refractivity contribution in [2.45, 2.75) is 26.2 Å². The molecule has 2 aromatic heterocycles. The van der Waals surface area contributed by atoms with E-state index in [-0.39, 0.29) is 16.1 Å². The molecule has 1 saturated carbocycles. The Bertz CT molecular complexity index is 710. The van der Waals surface area contributed by atoms with Crippen molar-refractivity contribution < 1.29 is 14.6 Å². The Balaban J connectivity index is 1.73. The average Bonchev–Trinajstić information content (AvgIpc) is 2.91. The Hall–Kier alpha value is -2.08. The highest BCUT2D eigenvalue weighted by molar-refractivity contribution is 6.32. The Morgan fingerprint density at radius 3 is 2.82 bits per heavy atom. The summed E-state index contributed by atoms with van der Waals surface area (Å²) in [7, 11) is 0. The minimum atomic E-state index is -1.11. The number of hydrogen-bond donors (Lipinski definition) is 1. The van der Waals surface area contributed by atoms with Crippen LogP contribution < -0.4 is 4.74 Å². The molecule has 0 unspecified atom stereocenters. The molecule has 116 valence electrons. The second kappa shape index (κ2) is 5.61. The van der Waals surface area contributed by atoms with Crippen molar-refractivity contribution in [2.24, 2.45) is 5.41 Å². The van der Waals surface area contributed by atoms with Gasteiger partial charge in [-0.1, -0.05) is 24.9 Å². The van der Waals surface area contributed by atoms with E-state index in [1.165, 1.54) is 30.0 Å². The number of rotatable bonds is 5. The summed E-state index contributed by atoms with van der Waals surface area (Å²) >= 11 is 5.86. The molecular weight excluding hydrogens is 306 g/mol. The maximum atomic E-state index is 10.9. The van der Waals surface area contributed by atoms with E-state index < -0.39 is 5.97 Å². The molecule has 3 rings (SSSR count). The fourth-order valence-electron chi connectivity index (χ4n) is 2.40. The quantitative estimate of drug-likeness (QED) is 0.856. The topological polar surface area (TPSA) is 77.2 Å². The fourth-order valence-corrected chi connectivity index (χ4v) is 2.63. The normalized spacial score (nSPS) is 16.1. The second-order valence-corrected chi connectivity index (χ2v) is 6.22. The van der Waals surface area contributed by atoms with Crippen molar-refractivity contribution in [2.75, 3.05) is 6.61 Å². The zero-order valence-corrected chi connectivity index (χ0v) is 12.9. The van der Waals surface area contributed by atoms with Crippen LogP contribution in [0, 0.1) is 5.41 Å². The first-order valence-electron chi connectivity index (χ1n) is 7.06. The van der Waals surface area contributed by atoms with E-state index in [2.05, 4.69) is 17.0 Å². The molecule has 0 radical (unpaired) electrons. The van der Waals surface area contributed by atoms with Gasteiger partial charge in [-0.15, -0.1) is 5.10 Å². The number of pyridine rings is 1. The largest absolute Gasteiger partial charge is 0.478 e. The number of carboxylic acids is 1. The summed E-state index contributed by atoms with van der Waals surface area (Å²) < 4.78 is 7.23. The zero-order valence-electron chi connectivity index (χ0n) is 12.1. The highest BCUT2D eigenvalue weighted by atomic mass is 35.5. The lowest BCUT2D eigenvalue weighted by atomic mass is 9.71. The fraction of sp³-hybridized carbons (Fsp3) is 0.400. The lowest BCUT2D eigenvalue weighted by molar-refractivity contribution is 0.0696. The molecule has 2 heterocycles. The SMILES string of the molecule is CC1(COc2ccn(-c3ccc(C(=O)O)c(Cl)n3)n2)CCC1. The minimum Gasteiger partial charge on any atom is -0.478 e. The summed E-state index contributed by atoms with van der Waals surface area (Å²) in [5.41, 5.74) is 0.223. The molecule has 0 bridgehead atoms. The standard InChI is InChI=1S/C15H16ClN3O3/c1-15(6-2-7-15)9-22-12-5-8-19(18-12)11-4-3-10(14(20)21)13(16)17-11/h3-5,8H,2,6-7,9H2,1H3,(H,20,21). The molecule has 22 heavy (non-hydrogen) atoms.